The van der Waals surface area contributed by atoms with Gasteiger partial charge in [-0.15, -0.1) is 11.3 Å². The molecule has 2 rings (SSSR count). The zero-order valence-corrected chi connectivity index (χ0v) is 11.5. The van der Waals surface area contributed by atoms with Gasteiger partial charge in [0.2, 0.25) is 0 Å². The Bertz CT molecular complexity index is 417. The number of amides is 2. The predicted octanol–water partition coefficient (Wildman–Crippen LogP) is 1.36. The van der Waals surface area contributed by atoms with Gasteiger partial charge in [0.25, 0.3) is 0 Å². The van der Waals surface area contributed by atoms with Crippen molar-refractivity contribution in [3.8, 4) is 0 Å². The van der Waals surface area contributed by atoms with Crippen molar-refractivity contribution in [2.24, 2.45) is 5.92 Å². The van der Waals surface area contributed by atoms with Crippen LogP contribution in [0.3, 0.4) is 0 Å². The lowest BCUT2D eigenvalue weighted by Crippen LogP contribution is -2.41. The summed E-state index contributed by atoms with van der Waals surface area (Å²) in [7, 11) is 1.71. The molecule has 0 spiro atoms. The number of aromatic nitrogens is 1. The smallest absolute Gasteiger partial charge is 0.317 e. The first-order chi connectivity index (χ1) is 8.58. The van der Waals surface area contributed by atoms with Gasteiger partial charge in [0, 0.05) is 18.5 Å². The van der Waals surface area contributed by atoms with Crippen LogP contribution in [-0.4, -0.2) is 40.7 Å². The fourth-order valence-electron chi connectivity index (χ4n) is 1.78. The highest BCUT2D eigenvalue weighted by molar-refractivity contribution is 7.09. The van der Waals surface area contributed by atoms with Crippen LogP contribution < -0.4 is 5.32 Å². The Morgan fingerprint density at radius 2 is 2.44 bits per heavy atom. The van der Waals surface area contributed by atoms with Gasteiger partial charge in [0.15, 0.2) is 0 Å². The maximum Gasteiger partial charge on any atom is 0.317 e. The Balaban J connectivity index is 1.75. The van der Waals surface area contributed by atoms with Crippen molar-refractivity contribution < 1.29 is 9.90 Å². The molecule has 1 aliphatic rings. The van der Waals surface area contributed by atoms with Crippen molar-refractivity contribution in [3.63, 3.8) is 0 Å². The molecule has 18 heavy (non-hydrogen) atoms. The van der Waals surface area contributed by atoms with Crippen molar-refractivity contribution in [1.82, 2.24) is 15.2 Å². The fourth-order valence-corrected chi connectivity index (χ4v) is 2.50. The van der Waals surface area contributed by atoms with Gasteiger partial charge < -0.3 is 15.3 Å². The number of nitrogens with one attached hydrogen (secondary N) is 1. The van der Waals surface area contributed by atoms with Gasteiger partial charge in [0.1, 0.15) is 0 Å². The van der Waals surface area contributed by atoms with Crippen LogP contribution in [0.2, 0.25) is 0 Å². The summed E-state index contributed by atoms with van der Waals surface area (Å²) in [5.74, 6) is 0.393. The lowest BCUT2D eigenvalue weighted by molar-refractivity contribution is 0.113. The molecular formula is C12H19N3O2S. The molecular weight excluding hydrogens is 250 g/mol. The summed E-state index contributed by atoms with van der Waals surface area (Å²) in [4.78, 5) is 18.6. The largest absolute Gasteiger partial charge is 0.391 e. The normalized spacial score (nSPS) is 16.4. The van der Waals surface area contributed by atoms with Crippen LogP contribution in [0.15, 0.2) is 5.51 Å². The van der Waals surface area contributed by atoms with Crippen molar-refractivity contribution in [2.75, 3.05) is 13.6 Å². The molecule has 1 saturated carbocycles. The molecule has 1 unspecified atom stereocenters. The molecule has 5 nitrogen and oxygen atoms in total. The predicted molar refractivity (Wildman–Crippen MR) is 70.4 cm³/mol. The molecule has 0 saturated heterocycles. The average molecular weight is 269 g/mol. The van der Waals surface area contributed by atoms with E-state index >= 15 is 0 Å². The highest BCUT2D eigenvalue weighted by Crippen LogP contribution is 2.32. The van der Waals surface area contributed by atoms with E-state index in [9.17, 15) is 9.90 Å². The molecule has 6 heteroatoms. The SMILES string of the molecule is Cc1ncsc1CNC(=O)N(C)CC(O)C1CC1. The second-order valence-corrected chi connectivity index (χ2v) is 5.74. The molecule has 1 atom stereocenters. The summed E-state index contributed by atoms with van der Waals surface area (Å²) in [6.45, 7) is 2.83. The van der Waals surface area contributed by atoms with E-state index in [0.29, 0.717) is 19.0 Å². The van der Waals surface area contributed by atoms with Crippen LogP contribution >= 0.6 is 11.3 Å². The Kier molecular flexibility index (Phi) is 4.19. The van der Waals surface area contributed by atoms with E-state index in [2.05, 4.69) is 10.3 Å². The summed E-state index contributed by atoms with van der Waals surface area (Å²) in [5.41, 5.74) is 2.73. The number of carbonyl (C=O) groups is 1. The maximum atomic E-state index is 11.8. The third-order valence-electron chi connectivity index (χ3n) is 3.22. The molecule has 0 bridgehead atoms. The van der Waals surface area contributed by atoms with Crippen LogP contribution in [0, 0.1) is 12.8 Å². The summed E-state index contributed by atoms with van der Waals surface area (Å²) in [5, 5.41) is 12.6. The van der Waals surface area contributed by atoms with E-state index in [0.717, 1.165) is 23.4 Å². The monoisotopic (exact) mass is 269 g/mol. The number of aliphatic hydroxyl groups is 1. The second-order valence-electron chi connectivity index (χ2n) is 4.80. The van der Waals surface area contributed by atoms with E-state index in [-0.39, 0.29) is 12.1 Å². The van der Waals surface area contributed by atoms with Crippen LogP contribution in [-0.2, 0) is 6.54 Å². The van der Waals surface area contributed by atoms with Crippen molar-refractivity contribution in [1.29, 1.82) is 0 Å². The molecule has 100 valence electrons. The third-order valence-corrected chi connectivity index (χ3v) is 4.15. The highest BCUT2D eigenvalue weighted by atomic mass is 32.1. The minimum Gasteiger partial charge on any atom is -0.391 e. The van der Waals surface area contributed by atoms with Gasteiger partial charge in [-0.3, -0.25) is 0 Å². The molecule has 1 heterocycles. The van der Waals surface area contributed by atoms with Gasteiger partial charge >= 0.3 is 6.03 Å². The Morgan fingerprint density at radius 1 is 1.72 bits per heavy atom. The topological polar surface area (TPSA) is 65.5 Å². The Morgan fingerprint density at radius 3 is 3.00 bits per heavy atom. The number of thiazole rings is 1. The first kappa shape index (κ1) is 13.3. The summed E-state index contributed by atoms with van der Waals surface area (Å²) in [6.07, 6.45) is 1.78. The van der Waals surface area contributed by atoms with Gasteiger partial charge in [-0.25, -0.2) is 9.78 Å². The number of rotatable bonds is 5. The van der Waals surface area contributed by atoms with Crippen LogP contribution in [0.4, 0.5) is 4.79 Å². The lowest BCUT2D eigenvalue weighted by atomic mass is 10.2. The first-order valence-corrected chi connectivity index (χ1v) is 7.02. The third kappa shape index (κ3) is 3.43. The quantitative estimate of drug-likeness (QED) is 0.848. The molecule has 0 aliphatic heterocycles. The van der Waals surface area contributed by atoms with Gasteiger partial charge in [-0.1, -0.05) is 0 Å². The van der Waals surface area contributed by atoms with E-state index < -0.39 is 0 Å². The van der Waals surface area contributed by atoms with Crippen molar-refractivity contribution >= 4 is 17.4 Å². The Hall–Kier alpha value is -1.14. The number of hydrogen-bond donors (Lipinski definition) is 2. The zero-order chi connectivity index (χ0) is 13.1. The summed E-state index contributed by atoms with van der Waals surface area (Å²) < 4.78 is 0. The molecule has 2 N–H and O–H groups in total. The second kappa shape index (κ2) is 5.67. The number of urea groups is 1. The van der Waals surface area contributed by atoms with Gasteiger partial charge in [0.05, 0.1) is 23.9 Å². The van der Waals surface area contributed by atoms with Gasteiger partial charge in [-0.2, -0.15) is 0 Å². The number of hydrogen-bond acceptors (Lipinski definition) is 4. The number of aliphatic hydroxyl groups excluding tert-OH is 1. The van der Waals surface area contributed by atoms with Gasteiger partial charge in [-0.05, 0) is 25.7 Å². The van der Waals surface area contributed by atoms with Crippen LogP contribution in [0.25, 0.3) is 0 Å². The molecule has 2 amide bonds. The number of likely N-dealkylation sites (N-methyl/N-ethyl adjacent to an activating group) is 1. The zero-order valence-electron chi connectivity index (χ0n) is 10.7. The van der Waals surface area contributed by atoms with Crippen LogP contribution in [0.1, 0.15) is 23.4 Å². The maximum absolute atomic E-state index is 11.8. The molecule has 1 aromatic heterocycles. The number of nitrogens with zero attached hydrogens (tertiary/aromatic N) is 2. The summed E-state index contributed by atoms with van der Waals surface area (Å²) >= 11 is 1.54. The molecule has 0 aromatic carbocycles. The van der Waals surface area contributed by atoms with Crippen LogP contribution in [0.5, 0.6) is 0 Å². The number of carbonyl (C=O) groups excluding carboxylic acids is 1. The lowest BCUT2D eigenvalue weighted by Gasteiger charge is -2.21. The first-order valence-electron chi connectivity index (χ1n) is 6.14. The fraction of sp³-hybridized carbons (Fsp3) is 0.667. The molecule has 0 radical (unpaired) electrons. The van der Waals surface area contributed by atoms with Crippen molar-refractivity contribution in [3.05, 3.63) is 16.1 Å². The standard InChI is InChI=1S/C12H19N3O2S/c1-8-11(18-7-14-8)5-13-12(17)15(2)6-10(16)9-3-4-9/h7,9-10,16H,3-6H2,1-2H3,(H,13,17). The average Bonchev–Trinajstić information content (AvgIpc) is 3.10. The highest BCUT2D eigenvalue weighted by Gasteiger charge is 2.31. The molecule has 1 aliphatic carbocycles. The van der Waals surface area contributed by atoms with E-state index in [1.807, 2.05) is 6.92 Å². The number of aryl methyl sites for hydroxylation is 1. The van der Waals surface area contributed by atoms with E-state index in [1.165, 1.54) is 11.3 Å². The molecule has 1 fully saturated rings. The minimum absolute atomic E-state index is 0.150. The Labute approximate surface area is 111 Å². The van der Waals surface area contributed by atoms with E-state index in [1.54, 1.807) is 17.5 Å². The van der Waals surface area contributed by atoms with Crippen molar-refractivity contribution in [2.45, 2.75) is 32.4 Å². The van der Waals surface area contributed by atoms with E-state index in [4.69, 9.17) is 0 Å². The summed E-state index contributed by atoms with van der Waals surface area (Å²) in [6, 6.07) is -0.150. The molecule has 1 aromatic rings. The minimum atomic E-state index is -0.383.